The van der Waals surface area contributed by atoms with Gasteiger partial charge in [0.2, 0.25) is 0 Å². The lowest BCUT2D eigenvalue weighted by atomic mass is 9.98. The van der Waals surface area contributed by atoms with Gasteiger partial charge in [0, 0.05) is 0 Å². The number of carbonyl (C=O) groups excluding carboxylic acids is 2. The first-order chi connectivity index (χ1) is 21.4. The molecule has 7 heteroatoms. The van der Waals surface area contributed by atoms with Gasteiger partial charge in [-0.25, -0.2) is 14.4 Å². The van der Waals surface area contributed by atoms with Crippen molar-refractivity contribution in [2.24, 2.45) is 0 Å². The molecule has 0 heterocycles. The largest absolute Gasteiger partial charge is 0.489 e. The predicted molar refractivity (Wildman–Crippen MR) is 165 cm³/mol. The summed E-state index contributed by atoms with van der Waals surface area (Å²) >= 11 is 0. The standard InChI is InChI=1S/C37H30O7/c1-25-20-30(35(38)39)16-19-34(25)27-14-17-33(18-15-27)42-22-26-12-13-31(23-43-36(40)28-8-4-2-5-9-28)32(21-26)24-44-37(41)29-10-6-3-7-11-29/h2-21H,22-24H2,1H3,(H,38,39). The van der Waals surface area contributed by atoms with Gasteiger partial charge in [0.05, 0.1) is 16.7 Å². The Bertz CT molecular complexity index is 1760. The minimum absolute atomic E-state index is 0.00545. The predicted octanol–water partition coefficient (Wildman–Crippen LogP) is 7.65. The second-order valence-corrected chi connectivity index (χ2v) is 10.1. The maximum atomic E-state index is 12.6. The SMILES string of the molecule is Cc1cc(C(=O)O)ccc1-c1ccc(OCc2ccc(COC(=O)c3ccccc3)c(COC(=O)c3ccccc3)c2)cc1. The van der Waals surface area contributed by atoms with E-state index in [1.807, 2.05) is 61.5 Å². The van der Waals surface area contributed by atoms with E-state index in [4.69, 9.17) is 14.2 Å². The topological polar surface area (TPSA) is 99.1 Å². The lowest BCUT2D eigenvalue weighted by Crippen LogP contribution is -2.10. The van der Waals surface area contributed by atoms with Gasteiger partial charge in [-0.1, -0.05) is 66.7 Å². The molecule has 0 aliphatic heterocycles. The van der Waals surface area contributed by atoms with Crippen molar-refractivity contribution in [3.63, 3.8) is 0 Å². The molecule has 5 rings (SSSR count). The molecule has 0 aliphatic carbocycles. The summed E-state index contributed by atoms with van der Waals surface area (Å²) < 4.78 is 17.2. The van der Waals surface area contributed by atoms with Gasteiger partial charge in [0.15, 0.2) is 0 Å². The summed E-state index contributed by atoms with van der Waals surface area (Å²) in [7, 11) is 0. The van der Waals surface area contributed by atoms with Crippen LogP contribution in [0.25, 0.3) is 11.1 Å². The Morgan fingerprint density at radius 3 is 1.75 bits per heavy atom. The number of carbonyl (C=O) groups is 3. The summed E-state index contributed by atoms with van der Waals surface area (Å²) in [6.45, 7) is 2.15. The first-order valence-corrected chi connectivity index (χ1v) is 14.0. The lowest BCUT2D eigenvalue weighted by molar-refractivity contribution is 0.0435. The van der Waals surface area contributed by atoms with Gasteiger partial charge < -0.3 is 19.3 Å². The Balaban J connectivity index is 1.28. The summed E-state index contributed by atoms with van der Waals surface area (Å²) in [5, 5.41) is 9.23. The van der Waals surface area contributed by atoms with Crippen LogP contribution < -0.4 is 4.74 Å². The number of hydrogen-bond acceptors (Lipinski definition) is 6. The summed E-state index contributed by atoms with van der Waals surface area (Å²) in [6.07, 6.45) is 0. The molecule has 220 valence electrons. The van der Waals surface area contributed by atoms with Crippen LogP contribution in [-0.2, 0) is 29.3 Å². The molecular formula is C37H30O7. The molecule has 0 atom stereocenters. The van der Waals surface area contributed by atoms with Crippen LogP contribution in [0, 0.1) is 6.92 Å². The monoisotopic (exact) mass is 586 g/mol. The zero-order valence-electron chi connectivity index (χ0n) is 24.1. The van der Waals surface area contributed by atoms with Crippen LogP contribution in [0.2, 0.25) is 0 Å². The molecule has 7 nitrogen and oxygen atoms in total. The molecule has 0 aromatic heterocycles. The van der Waals surface area contributed by atoms with Crippen molar-refractivity contribution in [1.29, 1.82) is 0 Å². The van der Waals surface area contributed by atoms with Gasteiger partial charge in [-0.05, 0) is 94.9 Å². The zero-order chi connectivity index (χ0) is 30.9. The summed E-state index contributed by atoms with van der Waals surface area (Å²) in [6, 6.07) is 35.7. The fourth-order valence-electron chi connectivity index (χ4n) is 4.66. The van der Waals surface area contributed by atoms with Crippen molar-refractivity contribution in [1.82, 2.24) is 0 Å². The molecule has 0 saturated carbocycles. The van der Waals surface area contributed by atoms with E-state index in [9.17, 15) is 19.5 Å². The van der Waals surface area contributed by atoms with Crippen molar-refractivity contribution in [2.75, 3.05) is 0 Å². The minimum atomic E-state index is -0.956. The number of carboxylic acid groups (broad SMARTS) is 1. The van der Waals surface area contributed by atoms with Gasteiger partial charge in [0.1, 0.15) is 25.6 Å². The number of hydrogen-bond donors (Lipinski definition) is 1. The maximum absolute atomic E-state index is 12.6. The van der Waals surface area contributed by atoms with Gasteiger partial charge in [0.25, 0.3) is 0 Å². The second kappa shape index (κ2) is 14.0. The van der Waals surface area contributed by atoms with Crippen molar-refractivity contribution < 1.29 is 33.7 Å². The molecule has 0 amide bonds. The summed E-state index contributed by atoms with van der Waals surface area (Å²) in [5.74, 6) is -1.19. The quantitative estimate of drug-likeness (QED) is 0.159. The van der Waals surface area contributed by atoms with Crippen LogP contribution in [0.4, 0.5) is 0 Å². The van der Waals surface area contributed by atoms with Crippen LogP contribution in [0.1, 0.15) is 53.3 Å². The smallest absolute Gasteiger partial charge is 0.338 e. The zero-order valence-corrected chi connectivity index (χ0v) is 24.1. The Kier molecular flexibility index (Phi) is 9.47. The number of aryl methyl sites for hydroxylation is 1. The van der Waals surface area contributed by atoms with E-state index in [1.165, 1.54) is 0 Å². The minimum Gasteiger partial charge on any atom is -0.489 e. The van der Waals surface area contributed by atoms with Crippen molar-refractivity contribution in [3.05, 3.63) is 160 Å². The average Bonchev–Trinajstić information content (AvgIpc) is 3.06. The highest BCUT2D eigenvalue weighted by Crippen LogP contribution is 2.27. The van der Waals surface area contributed by atoms with E-state index in [-0.39, 0.29) is 25.4 Å². The number of esters is 2. The average molecular weight is 587 g/mol. The number of benzene rings is 5. The first-order valence-electron chi connectivity index (χ1n) is 14.0. The molecule has 0 radical (unpaired) electrons. The fraction of sp³-hybridized carbons (Fsp3) is 0.108. The van der Waals surface area contributed by atoms with Gasteiger partial charge in [-0.3, -0.25) is 0 Å². The van der Waals surface area contributed by atoms with Gasteiger partial charge in [-0.2, -0.15) is 0 Å². The molecule has 0 unspecified atom stereocenters. The van der Waals surface area contributed by atoms with Crippen LogP contribution in [0.15, 0.2) is 121 Å². The molecule has 44 heavy (non-hydrogen) atoms. The molecular weight excluding hydrogens is 556 g/mol. The van der Waals surface area contributed by atoms with E-state index in [0.717, 1.165) is 22.3 Å². The Morgan fingerprint density at radius 1 is 0.591 bits per heavy atom. The molecule has 0 saturated heterocycles. The third-order valence-corrected chi connectivity index (χ3v) is 7.05. The third kappa shape index (κ3) is 7.57. The molecule has 1 N–H and O–H groups in total. The van der Waals surface area contributed by atoms with Crippen LogP contribution in [-0.4, -0.2) is 23.0 Å². The summed E-state index contributed by atoms with van der Waals surface area (Å²) in [5.41, 5.74) is 6.17. The number of rotatable bonds is 11. The van der Waals surface area contributed by atoms with E-state index < -0.39 is 17.9 Å². The normalized spacial score (nSPS) is 10.6. The van der Waals surface area contributed by atoms with Gasteiger partial charge >= 0.3 is 17.9 Å². The van der Waals surface area contributed by atoms with Crippen molar-refractivity contribution in [2.45, 2.75) is 26.7 Å². The number of ether oxygens (including phenoxy) is 3. The lowest BCUT2D eigenvalue weighted by Gasteiger charge is -2.14. The molecule has 0 spiro atoms. The third-order valence-electron chi connectivity index (χ3n) is 7.05. The Hall–Kier alpha value is -5.69. The molecule has 0 fully saturated rings. The summed E-state index contributed by atoms with van der Waals surface area (Å²) in [4.78, 5) is 36.4. The second-order valence-electron chi connectivity index (χ2n) is 10.1. The van der Waals surface area contributed by atoms with Crippen molar-refractivity contribution in [3.8, 4) is 16.9 Å². The highest BCUT2D eigenvalue weighted by molar-refractivity contribution is 5.90. The van der Waals surface area contributed by atoms with Crippen molar-refractivity contribution >= 4 is 17.9 Å². The molecule has 5 aromatic rings. The number of carboxylic acids is 1. The van der Waals surface area contributed by atoms with E-state index in [1.54, 1.807) is 66.7 Å². The highest BCUT2D eigenvalue weighted by Gasteiger charge is 2.14. The van der Waals surface area contributed by atoms with E-state index in [0.29, 0.717) is 28.0 Å². The molecule has 5 aromatic carbocycles. The highest BCUT2D eigenvalue weighted by atomic mass is 16.5. The number of aromatic carboxylic acids is 1. The molecule has 0 bridgehead atoms. The first kappa shape index (κ1) is 29.8. The maximum Gasteiger partial charge on any atom is 0.338 e. The Labute approximate surface area is 255 Å². The van der Waals surface area contributed by atoms with Crippen LogP contribution >= 0.6 is 0 Å². The van der Waals surface area contributed by atoms with Crippen LogP contribution in [0.3, 0.4) is 0 Å². The van der Waals surface area contributed by atoms with E-state index >= 15 is 0 Å². The molecule has 0 aliphatic rings. The fourth-order valence-corrected chi connectivity index (χ4v) is 4.66. The van der Waals surface area contributed by atoms with Gasteiger partial charge in [-0.15, -0.1) is 0 Å². The Morgan fingerprint density at radius 2 is 1.18 bits per heavy atom. The van der Waals surface area contributed by atoms with Crippen LogP contribution in [0.5, 0.6) is 5.75 Å². The van der Waals surface area contributed by atoms with E-state index in [2.05, 4.69) is 0 Å².